The smallest absolute Gasteiger partial charge is 0.235 e. The number of para-hydroxylation sites is 2. The van der Waals surface area contributed by atoms with Crippen LogP contribution in [0.15, 0.2) is 182 Å². The van der Waals surface area contributed by atoms with Crippen molar-refractivity contribution >= 4 is 66.5 Å². The van der Waals surface area contributed by atoms with Crippen LogP contribution in [0.25, 0.3) is 82.9 Å². The average molecular weight is 696 g/mol. The Kier molecular flexibility index (Phi) is 6.49. The Labute approximate surface area is 306 Å². The second-order valence-corrected chi connectivity index (χ2v) is 16.4. The van der Waals surface area contributed by atoms with Gasteiger partial charge in [-0.15, -0.1) is 0 Å². The minimum atomic E-state index is -3.16. The molecule has 248 valence electrons. The van der Waals surface area contributed by atoms with E-state index in [0.717, 1.165) is 76.6 Å². The Bertz CT molecular complexity index is 3150. The summed E-state index contributed by atoms with van der Waals surface area (Å²) in [6.07, 6.45) is 0. The first-order chi connectivity index (χ1) is 26.2. The summed E-state index contributed by atoms with van der Waals surface area (Å²) in [4.78, 5) is 10.7. The van der Waals surface area contributed by atoms with E-state index in [1.807, 2.05) is 60.7 Å². The topological polar surface area (TPSA) is 47.8 Å². The van der Waals surface area contributed by atoms with Crippen molar-refractivity contribution in [3.05, 3.63) is 182 Å². The van der Waals surface area contributed by atoms with Gasteiger partial charge in [0, 0.05) is 43.2 Å². The molecule has 10 aromatic rings. The Morgan fingerprint density at radius 2 is 1.15 bits per heavy atom. The Morgan fingerprint density at radius 3 is 2.02 bits per heavy atom. The quantitative estimate of drug-likeness (QED) is 0.172. The van der Waals surface area contributed by atoms with Crippen LogP contribution >= 0.6 is 7.14 Å². The van der Waals surface area contributed by atoms with Crippen LogP contribution in [-0.4, -0.2) is 14.5 Å². The summed E-state index contributed by atoms with van der Waals surface area (Å²) in [5.74, 6) is 0.579. The fourth-order valence-corrected chi connectivity index (χ4v) is 11.4. The van der Waals surface area contributed by atoms with Gasteiger partial charge in [-0.3, -0.25) is 4.57 Å². The standard InChI is InChI=1S/C48H30N3OP/c52-53(36-14-2-1-3-15-36)43-21-11-8-18-40(43)45-44(53)29-28-38-37-16-7-10-20-42(37)51(47(38)45)48-49-41-19-9-6-17-39(41)46(50-48)33-25-22-32(23-26-33)35-27-24-31-12-4-5-13-34(31)30-35/h1-30H. The second kappa shape index (κ2) is 11.4. The van der Waals surface area contributed by atoms with Gasteiger partial charge in [-0.2, -0.15) is 0 Å². The molecular weight excluding hydrogens is 666 g/mol. The van der Waals surface area contributed by atoms with Crippen molar-refractivity contribution in [3.63, 3.8) is 0 Å². The fraction of sp³-hybridized carbons (Fsp3) is 0. The van der Waals surface area contributed by atoms with E-state index in [4.69, 9.17) is 9.97 Å². The molecule has 1 aliphatic heterocycles. The lowest BCUT2D eigenvalue weighted by molar-refractivity contribution is 0.593. The van der Waals surface area contributed by atoms with Crippen LogP contribution in [-0.2, 0) is 4.57 Å². The number of nitrogens with zero attached hydrogens (tertiary/aromatic N) is 3. The molecule has 11 rings (SSSR count). The highest BCUT2D eigenvalue weighted by Crippen LogP contribution is 2.54. The third-order valence-electron chi connectivity index (χ3n) is 10.8. The number of hydrogen-bond acceptors (Lipinski definition) is 3. The molecule has 0 radical (unpaired) electrons. The molecule has 0 saturated carbocycles. The van der Waals surface area contributed by atoms with Gasteiger partial charge in [-0.05, 0) is 51.7 Å². The maximum absolute atomic E-state index is 15.5. The highest BCUT2D eigenvalue weighted by Gasteiger charge is 2.42. The summed E-state index contributed by atoms with van der Waals surface area (Å²) in [5.41, 5.74) is 9.02. The molecule has 0 aliphatic carbocycles. The molecule has 0 N–H and O–H groups in total. The second-order valence-electron chi connectivity index (χ2n) is 13.7. The lowest BCUT2D eigenvalue weighted by Crippen LogP contribution is -2.20. The normalized spacial score (nSPS) is 14.9. The molecule has 0 fully saturated rings. The molecule has 1 unspecified atom stereocenters. The minimum Gasteiger partial charge on any atom is -0.309 e. The summed E-state index contributed by atoms with van der Waals surface area (Å²) in [5, 5.41) is 8.18. The minimum absolute atomic E-state index is 0.579. The van der Waals surface area contributed by atoms with Gasteiger partial charge >= 0.3 is 0 Å². The van der Waals surface area contributed by atoms with E-state index in [1.54, 1.807) is 0 Å². The van der Waals surface area contributed by atoms with Gasteiger partial charge in [-0.1, -0.05) is 158 Å². The summed E-state index contributed by atoms with van der Waals surface area (Å²) < 4.78 is 17.7. The Hall–Kier alpha value is -6.61. The number of hydrogen-bond donors (Lipinski definition) is 0. The van der Waals surface area contributed by atoms with Crippen LogP contribution in [0.5, 0.6) is 0 Å². The van der Waals surface area contributed by atoms with E-state index in [-0.39, 0.29) is 0 Å². The van der Waals surface area contributed by atoms with Gasteiger partial charge in [-0.25, -0.2) is 9.97 Å². The molecule has 1 aliphatic rings. The van der Waals surface area contributed by atoms with Crippen molar-refractivity contribution in [1.29, 1.82) is 0 Å². The van der Waals surface area contributed by atoms with Crippen molar-refractivity contribution in [1.82, 2.24) is 14.5 Å². The van der Waals surface area contributed by atoms with Crippen LogP contribution in [0.4, 0.5) is 0 Å². The highest BCUT2D eigenvalue weighted by atomic mass is 31.2. The molecule has 1 atom stereocenters. The fourth-order valence-electron chi connectivity index (χ4n) is 8.36. The van der Waals surface area contributed by atoms with Crippen LogP contribution < -0.4 is 15.9 Å². The van der Waals surface area contributed by atoms with Gasteiger partial charge < -0.3 is 4.57 Å². The predicted octanol–water partition coefficient (Wildman–Crippen LogP) is 10.8. The zero-order valence-electron chi connectivity index (χ0n) is 28.5. The van der Waals surface area contributed by atoms with Gasteiger partial charge in [0.1, 0.15) is 0 Å². The number of benzene rings is 8. The molecule has 0 saturated heterocycles. The monoisotopic (exact) mass is 695 g/mol. The Morgan fingerprint density at radius 1 is 0.472 bits per heavy atom. The van der Waals surface area contributed by atoms with Crippen LogP contribution in [0.1, 0.15) is 0 Å². The summed E-state index contributed by atoms with van der Waals surface area (Å²) in [6, 6.07) is 62.8. The molecule has 53 heavy (non-hydrogen) atoms. The molecule has 0 amide bonds. The summed E-state index contributed by atoms with van der Waals surface area (Å²) in [7, 11) is -3.16. The molecule has 8 aromatic carbocycles. The van der Waals surface area contributed by atoms with Crippen LogP contribution in [0.3, 0.4) is 0 Å². The molecular formula is C48H30N3OP. The third kappa shape index (κ3) is 4.40. The van der Waals surface area contributed by atoms with Crippen LogP contribution in [0.2, 0.25) is 0 Å². The molecule has 5 heteroatoms. The lowest BCUT2D eigenvalue weighted by atomic mass is 9.99. The Balaban J connectivity index is 1.16. The zero-order valence-corrected chi connectivity index (χ0v) is 29.4. The van der Waals surface area contributed by atoms with Gasteiger partial charge in [0.2, 0.25) is 5.95 Å². The van der Waals surface area contributed by atoms with Crippen molar-refractivity contribution in [2.24, 2.45) is 0 Å². The van der Waals surface area contributed by atoms with E-state index in [1.165, 1.54) is 16.3 Å². The average Bonchev–Trinajstić information content (AvgIpc) is 3.71. The molecule has 3 heterocycles. The van der Waals surface area contributed by atoms with Crippen molar-refractivity contribution < 1.29 is 4.57 Å². The maximum atomic E-state index is 15.5. The van der Waals surface area contributed by atoms with E-state index < -0.39 is 7.14 Å². The number of rotatable bonds is 4. The van der Waals surface area contributed by atoms with E-state index >= 15 is 4.57 Å². The first-order valence-corrected chi connectivity index (χ1v) is 19.6. The summed E-state index contributed by atoms with van der Waals surface area (Å²) >= 11 is 0. The van der Waals surface area contributed by atoms with Crippen LogP contribution in [0, 0.1) is 0 Å². The van der Waals surface area contributed by atoms with Gasteiger partial charge in [0.25, 0.3) is 0 Å². The highest BCUT2D eigenvalue weighted by molar-refractivity contribution is 7.86. The van der Waals surface area contributed by atoms with Crippen molar-refractivity contribution in [2.45, 2.75) is 0 Å². The van der Waals surface area contributed by atoms with Crippen molar-refractivity contribution in [2.75, 3.05) is 0 Å². The van der Waals surface area contributed by atoms with Gasteiger partial charge in [0.15, 0.2) is 7.14 Å². The first kappa shape index (κ1) is 30.1. The third-order valence-corrected chi connectivity index (χ3v) is 14.0. The number of fused-ring (bicyclic) bond motifs is 9. The van der Waals surface area contributed by atoms with Gasteiger partial charge in [0.05, 0.1) is 22.2 Å². The van der Waals surface area contributed by atoms with E-state index in [0.29, 0.717) is 5.95 Å². The van der Waals surface area contributed by atoms with E-state index in [2.05, 4.69) is 126 Å². The first-order valence-electron chi connectivity index (χ1n) is 17.9. The molecule has 0 bridgehead atoms. The largest absolute Gasteiger partial charge is 0.309 e. The predicted molar refractivity (Wildman–Crippen MR) is 221 cm³/mol. The number of aromatic nitrogens is 3. The lowest BCUT2D eigenvalue weighted by Gasteiger charge is -2.16. The zero-order chi connectivity index (χ0) is 35.1. The molecule has 0 spiro atoms. The maximum Gasteiger partial charge on any atom is 0.235 e. The molecule has 2 aromatic heterocycles. The SMILES string of the molecule is O=P1(c2ccccc2)c2ccccc2-c2c1ccc1c3ccccc3n(-c3nc(-c4ccc(-c5ccc6ccccc6c5)cc4)c4ccccc4n3)c21. The van der Waals surface area contributed by atoms with E-state index in [9.17, 15) is 0 Å². The van der Waals surface area contributed by atoms with Crippen molar-refractivity contribution in [3.8, 4) is 39.5 Å². The summed E-state index contributed by atoms with van der Waals surface area (Å²) in [6.45, 7) is 0. The molecule has 4 nitrogen and oxygen atoms in total.